The lowest BCUT2D eigenvalue weighted by atomic mass is 9.95. The average molecular weight is 487 g/mol. The normalized spacial score (nSPS) is 15.2. The summed E-state index contributed by atoms with van der Waals surface area (Å²) in [5.41, 5.74) is 4.52. The zero-order valence-corrected chi connectivity index (χ0v) is 20.7. The first-order valence-corrected chi connectivity index (χ1v) is 12.4. The van der Waals surface area contributed by atoms with Crippen molar-refractivity contribution in [2.24, 2.45) is 0 Å². The number of benzene rings is 3. The number of hydrogen-bond acceptors (Lipinski definition) is 5. The summed E-state index contributed by atoms with van der Waals surface area (Å²) < 4.78 is 5.95. The van der Waals surface area contributed by atoms with E-state index in [-0.39, 0.29) is 12.3 Å². The van der Waals surface area contributed by atoms with E-state index >= 15 is 0 Å². The standard InChI is InChI=1S/C30H34N2O4/c1-2-3-26(20-30(34)35)25-8-14-29(15-9-25)36-22-24-6-4-23(5-7-24)21-31-16-18-32(19-17-31)27-10-12-28(33)13-11-27/h2-15,26,33H,16-22H2,1H3,(H,34,35)/t26-/m1/s1. The number of phenolic OH excluding ortho intramolecular Hbond substituents is 1. The minimum atomic E-state index is -0.807. The van der Waals surface area contributed by atoms with Crippen molar-refractivity contribution in [2.75, 3.05) is 31.1 Å². The summed E-state index contributed by atoms with van der Waals surface area (Å²) in [5.74, 6) is 0.127. The summed E-state index contributed by atoms with van der Waals surface area (Å²) in [5, 5.41) is 18.6. The number of aliphatic carboxylic acids is 1. The molecule has 0 unspecified atom stereocenters. The van der Waals surface area contributed by atoms with Crippen LogP contribution in [-0.2, 0) is 17.9 Å². The Labute approximate surface area is 213 Å². The molecule has 1 aliphatic heterocycles. The number of ether oxygens (including phenoxy) is 1. The van der Waals surface area contributed by atoms with Crippen molar-refractivity contribution in [3.05, 3.63) is 102 Å². The number of hydrogen-bond donors (Lipinski definition) is 2. The van der Waals surface area contributed by atoms with Gasteiger partial charge in [-0.25, -0.2) is 0 Å². The Hall–Kier alpha value is -3.77. The van der Waals surface area contributed by atoms with Gasteiger partial charge in [0.15, 0.2) is 0 Å². The molecule has 4 rings (SSSR count). The number of carboxylic acid groups (broad SMARTS) is 1. The van der Waals surface area contributed by atoms with Crippen LogP contribution in [0.1, 0.15) is 36.0 Å². The second-order valence-electron chi connectivity index (χ2n) is 9.18. The highest BCUT2D eigenvalue weighted by Crippen LogP contribution is 2.25. The van der Waals surface area contributed by atoms with Crippen molar-refractivity contribution in [3.63, 3.8) is 0 Å². The maximum Gasteiger partial charge on any atom is 0.304 e. The Morgan fingerprint density at radius 1 is 0.917 bits per heavy atom. The fraction of sp³-hybridized carbons (Fsp3) is 0.300. The molecular weight excluding hydrogens is 452 g/mol. The second-order valence-corrected chi connectivity index (χ2v) is 9.18. The third-order valence-electron chi connectivity index (χ3n) is 6.55. The maximum atomic E-state index is 11.1. The van der Waals surface area contributed by atoms with Crippen LogP contribution in [0.2, 0.25) is 0 Å². The molecule has 188 valence electrons. The van der Waals surface area contributed by atoms with Gasteiger partial charge in [-0.1, -0.05) is 48.6 Å². The minimum Gasteiger partial charge on any atom is -0.508 e. The molecule has 1 aliphatic rings. The highest BCUT2D eigenvalue weighted by molar-refractivity contribution is 5.68. The molecule has 0 aromatic heterocycles. The smallest absolute Gasteiger partial charge is 0.304 e. The summed E-state index contributed by atoms with van der Waals surface area (Å²) in [4.78, 5) is 16.0. The van der Waals surface area contributed by atoms with Crippen molar-refractivity contribution < 1.29 is 19.7 Å². The van der Waals surface area contributed by atoms with Crippen molar-refractivity contribution >= 4 is 11.7 Å². The number of carbonyl (C=O) groups is 1. The SMILES string of the molecule is CC=C[C@H](CC(=O)O)c1ccc(OCc2ccc(CN3CCN(c4ccc(O)cc4)CC3)cc2)cc1. The molecule has 0 radical (unpaired) electrons. The number of piperazine rings is 1. The predicted molar refractivity (Wildman–Crippen MR) is 143 cm³/mol. The van der Waals surface area contributed by atoms with E-state index in [1.807, 2.05) is 55.5 Å². The number of aromatic hydroxyl groups is 1. The summed E-state index contributed by atoms with van der Waals surface area (Å²) in [6.45, 7) is 7.26. The number of carboxylic acids is 1. The first-order valence-electron chi connectivity index (χ1n) is 12.4. The molecule has 0 bridgehead atoms. The van der Waals surface area contributed by atoms with E-state index in [2.05, 4.69) is 34.1 Å². The van der Waals surface area contributed by atoms with Crippen LogP contribution >= 0.6 is 0 Å². The molecule has 0 spiro atoms. The molecule has 3 aromatic carbocycles. The highest BCUT2D eigenvalue weighted by Gasteiger charge is 2.17. The Kier molecular flexibility index (Phi) is 8.63. The molecule has 1 saturated heterocycles. The third-order valence-corrected chi connectivity index (χ3v) is 6.55. The monoisotopic (exact) mass is 486 g/mol. The van der Waals surface area contributed by atoms with Gasteiger partial charge in [0.1, 0.15) is 18.1 Å². The van der Waals surface area contributed by atoms with Gasteiger partial charge in [-0.3, -0.25) is 9.69 Å². The quantitative estimate of drug-likeness (QED) is 0.373. The van der Waals surface area contributed by atoms with Crippen LogP contribution < -0.4 is 9.64 Å². The fourth-order valence-electron chi connectivity index (χ4n) is 4.52. The van der Waals surface area contributed by atoms with Crippen LogP contribution in [-0.4, -0.2) is 47.3 Å². The molecule has 2 N–H and O–H groups in total. The van der Waals surface area contributed by atoms with E-state index < -0.39 is 5.97 Å². The summed E-state index contributed by atoms with van der Waals surface area (Å²) >= 11 is 0. The van der Waals surface area contributed by atoms with Gasteiger partial charge in [-0.2, -0.15) is 0 Å². The molecular formula is C30H34N2O4. The van der Waals surface area contributed by atoms with Crippen LogP contribution in [0.4, 0.5) is 5.69 Å². The Morgan fingerprint density at radius 2 is 1.56 bits per heavy atom. The van der Waals surface area contributed by atoms with Gasteiger partial charge in [-0.05, 0) is 60.0 Å². The van der Waals surface area contributed by atoms with Gasteiger partial charge in [0, 0.05) is 44.3 Å². The van der Waals surface area contributed by atoms with Crippen LogP contribution in [0.5, 0.6) is 11.5 Å². The van der Waals surface area contributed by atoms with E-state index in [0.717, 1.165) is 55.3 Å². The van der Waals surface area contributed by atoms with Crippen molar-refractivity contribution in [3.8, 4) is 11.5 Å². The molecule has 36 heavy (non-hydrogen) atoms. The Bertz CT molecular complexity index is 1130. The van der Waals surface area contributed by atoms with Gasteiger partial charge in [-0.15, -0.1) is 0 Å². The molecule has 0 saturated carbocycles. The maximum absolute atomic E-state index is 11.1. The van der Waals surface area contributed by atoms with E-state index in [4.69, 9.17) is 9.84 Å². The molecule has 0 aliphatic carbocycles. The summed E-state index contributed by atoms with van der Waals surface area (Å²) in [7, 11) is 0. The van der Waals surface area contributed by atoms with Crippen molar-refractivity contribution in [1.29, 1.82) is 0 Å². The fourth-order valence-corrected chi connectivity index (χ4v) is 4.52. The Morgan fingerprint density at radius 3 is 2.17 bits per heavy atom. The number of allylic oxidation sites excluding steroid dienone is 2. The van der Waals surface area contributed by atoms with E-state index in [1.54, 1.807) is 12.1 Å². The van der Waals surface area contributed by atoms with Crippen LogP contribution in [0.15, 0.2) is 84.9 Å². The first kappa shape index (κ1) is 25.3. The minimum absolute atomic E-state index is 0.0744. The second kappa shape index (κ2) is 12.3. The van der Waals surface area contributed by atoms with Gasteiger partial charge in [0.05, 0.1) is 6.42 Å². The highest BCUT2D eigenvalue weighted by atomic mass is 16.5. The van der Waals surface area contributed by atoms with E-state index in [0.29, 0.717) is 12.4 Å². The van der Waals surface area contributed by atoms with Gasteiger partial charge in [0.25, 0.3) is 0 Å². The molecule has 1 atom stereocenters. The largest absolute Gasteiger partial charge is 0.508 e. The molecule has 6 nitrogen and oxygen atoms in total. The van der Waals surface area contributed by atoms with Crippen molar-refractivity contribution in [2.45, 2.75) is 32.4 Å². The third kappa shape index (κ3) is 7.12. The summed E-state index contributed by atoms with van der Waals surface area (Å²) in [6.07, 6.45) is 3.88. The average Bonchev–Trinajstić information content (AvgIpc) is 2.89. The number of anilines is 1. The number of phenols is 1. The lowest BCUT2D eigenvalue weighted by Crippen LogP contribution is -2.45. The van der Waals surface area contributed by atoms with Crippen LogP contribution in [0, 0.1) is 0 Å². The number of nitrogens with zero attached hydrogens (tertiary/aromatic N) is 2. The summed E-state index contributed by atoms with van der Waals surface area (Å²) in [6, 6.07) is 23.7. The molecule has 1 fully saturated rings. The van der Waals surface area contributed by atoms with E-state index in [1.165, 1.54) is 5.56 Å². The zero-order chi connectivity index (χ0) is 25.3. The first-order chi connectivity index (χ1) is 17.5. The topological polar surface area (TPSA) is 73.2 Å². The zero-order valence-electron chi connectivity index (χ0n) is 20.7. The molecule has 0 amide bonds. The van der Waals surface area contributed by atoms with Gasteiger partial charge >= 0.3 is 5.97 Å². The van der Waals surface area contributed by atoms with Crippen LogP contribution in [0.25, 0.3) is 0 Å². The van der Waals surface area contributed by atoms with Crippen molar-refractivity contribution in [1.82, 2.24) is 4.90 Å². The van der Waals surface area contributed by atoms with E-state index in [9.17, 15) is 9.90 Å². The van der Waals surface area contributed by atoms with Gasteiger partial charge in [0.2, 0.25) is 0 Å². The van der Waals surface area contributed by atoms with Gasteiger partial charge < -0.3 is 19.8 Å². The number of rotatable bonds is 10. The predicted octanol–water partition coefficient (Wildman–Crippen LogP) is 5.43. The molecule has 6 heteroatoms. The van der Waals surface area contributed by atoms with Crippen LogP contribution in [0.3, 0.4) is 0 Å². The lowest BCUT2D eigenvalue weighted by Gasteiger charge is -2.36. The molecule has 1 heterocycles. The lowest BCUT2D eigenvalue weighted by molar-refractivity contribution is -0.137. The molecule has 3 aromatic rings. The Balaban J connectivity index is 1.24.